The molecule has 2 aromatic heterocycles. The van der Waals surface area contributed by atoms with Crippen molar-refractivity contribution in [3.63, 3.8) is 0 Å². The molecule has 1 aliphatic rings. The van der Waals surface area contributed by atoms with E-state index in [4.69, 9.17) is 9.52 Å². The average Bonchev–Trinajstić information content (AvgIpc) is 2.97. The largest absolute Gasteiger partial charge is 0.480 e. The first-order valence-electron chi connectivity index (χ1n) is 6.72. The standard InChI is InChI=1S/C14H15N3O4/c1-8(14(19)20)17(9-4-5-9)13(18)11-7-10(15-16-11)12-3-2-6-21-12/h2-3,6-9H,4-5H2,1H3,(H,15,16)(H,19,20). The number of carbonyl (C=O) groups excluding carboxylic acids is 1. The molecule has 0 aromatic carbocycles. The molecule has 2 aromatic rings. The second-order valence-electron chi connectivity index (χ2n) is 5.10. The summed E-state index contributed by atoms with van der Waals surface area (Å²) in [5.41, 5.74) is 0.781. The number of H-pyrrole nitrogens is 1. The molecule has 3 rings (SSSR count). The third kappa shape index (κ3) is 2.54. The Morgan fingerprint density at radius 2 is 2.29 bits per heavy atom. The Hall–Kier alpha value is -2.57. The minimum absolute atomic E-state index is 0.00707. The third-order valence-electron chi connectivity index (χ3n) is 3.53. The minimum Gasteiger partial charge on any atom is -0.480 e. The van der Waals surface area contributed by atoms with Gasteiger partial charge in [0.1, 0.15) is 11.7 Å². The summed E-state index contributed by atoms with van der Waals surface area (Å²) >= 11 is 0. The smallest absolute Gasteiger partial charge is 0.326 e. The number of nitrogens with zero attached hydrogens (tertiary/aromatic N) is 2. The van der Waals surface area contributed by atoms with E-state index >= 15 is 0 Å². The molecule has 0 aliphatic heterocycles. The van der Waals surface area contributed by atoms with E-state index in [1.54, 1.807) is 18.2 Å². The second kappa shape index (κ2) is 5.08. The van der Waals surface area contributed by atoms with Crippen molar-refractivity contribution in [2.24, 2.45) is 0 Å². The van der Waals surface area contributed by atoms with Crippen LogP contribution in [0, 0.1) is 0 Å². The molecule has 0 bridgehead atoms. The molecule has 1 aliphatic carbocycles. The zero-order chi connectivity index (χ0) is 15.0. The van der Waals surface area contributed by atoms with Gasteiger partial charge in [-0.1, -0.05) is 0 Å². The highest BCUT2D eigenvalue weighted by Crippen LogP contribution is 2.30. The first-order chi connectivity index (χ1) is 10.1. The maximum Gasteiger partial charge on any atom is 0.326 e. The highest BCUT2D eigenvalue weighted by atomic mass is 16.4. The lowest BCUT2D eigenvalue weighted by atomic mass is 10.2. The van der Waals surface area contributed by atoms with Crippen molar-refractivity contribution in [2.45, 2.75) is 31.8 Å². The van der Waals surface area contributed by atoms with Crippen LogP contribution >= 0.6 is 0 Å². The van der Waals surface area contributed by atoms with Crippen LogP contribution in [0.2, 0.25) is 0 Å². The topological polar surface area (TPSA) is 99.4 Å². The first-order valence-corrected chi connectivity index (χ1v) is 6.72. The Bertz CT molecular complexity index is 658. The molecule has 2 heterocycles. The molecule has 1 fully saturated rings. The number of hydrogen-bond donors (Lipinski definition) is 2. The molecule has 21 heavy (non-hydrogen) atoms. The van der Waals surface area contributed by atoms with Gasteiger partial charge < -0.3 is 14.4 Å². The predicted molar refractivity (Wildman–Crippen MR) is 72.6 cm³/mol. The van der Waals surface area contributed by atoms with Crippen molar-refractivity contribution in [3.8, 4) is 11.5 Å². The van der Waals surface area contributed by atoms with E-state index < -0.39 is 12.0 Å². The van der Waals surface area contributed by atoms with Crippen LogP contribution in [0.15, 0.2) is 28.9 Å². The van der Waals surface area contributed by atoms with E-state index in [-0.39, 0.29) is 17.6 Å². The Morgan fingerprint density at radius 3 is 2.86 bits per heavy atom. The number of nitrogens with one attached hydrogen (secondary N) is 1. The Kier molecular flexibility index (Phi) is 3.25. The summed E-state index contributed by atoms with van der Waals surface area (Å²) in [6.07, 6.45) is 3.19. The predicted octanol–water partition coefficient (Wildman–Crippen LogP) is 1.75. The number of carboxylic acid groups (broad SMARTS) is 1. The molecule has 1 saturated carbocycles. The molecule has 1 unspecified atom stereocenters. The summed E-state index contributed by atoms with van der Waals surface area (Å²) in [6, 6.07) is 4.19. The van der Waals surface area contributed by atoms with E-state index in [0.29, 0.717) is 11.5 Å². The SMILES string of the molecule is CC(C(=O)O)N(C(=O)c1cc(-c2ccco2)[nH]n1)C1CC1. The van der Waals surface area contributed by atoms with Gasteiger partial charge in [-0.05, 0) is 31.9 Å². The molecule has 0 spiro atoms. The number of hydrogen-bond acceptors (Lipinski definition) is 4. The summed E-state index contributed by atoms with van der Waals surface area (Å²) in [6.45, 7) is 1.51. The van der Waals surface area contributed by atoms with Crippen molar-refractivity contribution in [3.05, 3.63) is 30.2 Å². The van der Waals surface area contributed by atoms with Gasteiger partial charge in [0, 0.05) is 12.1 Å². The van der Waals surface area contributed by atoms with Gasteiger partial charge in [0.2, 0.25) is 0 Å². The number of aromatic nitrogens is 2. The second-order valence-corrected chi connectivity index (χ2v) is 5.10. The number of carbonyl (C=O) groups is 2. The molecular weight excluding hydrogens is 274 g/mol. The number of aliphatic carboxylic acids is 1. The van der Waals surface area contributed by atoms with Gasteiger partial charge in [-0.3, -0.25) is 9.89 Å². The van der Waals surface area contributed by atoms with Gasteiger partial charge in [0.25, 0.3) is 5.91 Å². The monoisotopic (exact) mass is 289 g/mol. The van der Waals surface area contributed by atoms with Crippen LogP contribution in [0.5, 0.6) is 0 Å². The Balaban J connectivity index is 1.85. The molecule has 0 saturated heterocycles. The molecule has 0 radical (unpaired) electrons. The van der Waals surface area contributed by atoms with Gasteiger partial charge in [-0.2, -0.15) is 5.10 Å². The third-order valence-corrected chi connectivity index (χ3v) is 3.53. The van der Waals surface area contributed by atoms with Crippen LogP contribution in [0.1, 0.15) is 30.3 Å². The van der Waals surface area contributed by atoms with E-state index in [9.17, 15) is 9.59 Å². The average molecular weight is 289 g/mol. The maximum atomic E-state index is 12.5. The van der Waals surface area contributed by atoms with Crippen LogP contribution in [-0.2, 0) is 4.79 Å². The summed E-state index contributed by atoms with van der Waals surface area (Å²) in [5.74, 6) is -0.815. The van der Waals surface area contributed by atoms with Crippen molar-refractivity contribution in [1.82, 2.24) is 15.1 Å². The van der Waals surface area contributed by atoms with Crippen molar-refractivity contribution < 1.29 is 19.1 Å². The van der Waals surface area contributed by atoms with Crippen molar-refractivity contribution in [2.75, 3.05) is 0 Å². The fourth-order valence-electron chi connectivity index (χ4n) is 2.25. The first kappa shape index (κ1) is 13.4. The lowest BCUT2D eigenvalue weighted by Gasteiger charge is -2.25. The van der Waals surface area contributed by atoms with E-state index in [1.807, 2.05) is 0 Å². The van der Waals surface area contributed by atoms with Gasteiger partial charge in [-0.25, -0.2) is 4.79 Å². The summed E-state index contributed by atoms with van der Waals surface area (Å²) in [7, 11) is 0. The van der Waals surface area contributed by atoms with Gasteiger partial charge >= 0.3 is 5.97 Å². The van der Waals surface area contributed by atoms with E-state index in [2.05, 4.69) is 10.2 Å². The molecular formula is C14H15N3O4. The quantitative estimate of drug-likeness (QED) is 0.873. The minimum atomic E-state index is -1.02. The van der Waals surface area contributed by atoms with Crippen molar-refractivity contribution in [1.29, 1.82) is 0 Å². The van der Waals surface area contributed by atoms with Crippen LogP contribution < -0.4 is 0 Å². The zero-order valence-electron chi connectivity index (χ0n) is 11.4. The molecule has 1 atom stereocenters. The van der Waals surface area contributed by atoms with Crippen LogP contribution in [0.25, 0.3) is 11.5 Å². The normalized spacial score (nSPS) is 15.7. The highest BCUT2D eigenvalue weighted by molar-refractivity contribution is 5.96. The fraction of sp³-hybridized carbons (Fsp3) is 0.357. The van der Waals surface area contributed by atoms with Gasteiger partial charge in [0.15, 0.2) is 11.5 Å². The van der Waals surface area contributed by atoms with E-state index in [0.717, 1.165) is 12.8 Å². The summed E-state index contributed by atoms with van der Waals surface area (Å²) in [5, 5.41) is 15.9. The number of amides is 1. The zero-order valence-corrected chi connectivity index (χ0v) is 11.4. The van der Waals surface area contributed by atoms with Gasteiger partial charge in [-0.15, -0.1) is 0 Å². The molecule has 110 valence electrons. The van der Waals surface area contributed by atoms with Crippen LogP contribution in [0.3, 0.4) is 0 Å². The molecule has 7 heteroatoms. The van der Waals surface area contributed by atoms with E-state index in [1.165, 1.54) is 18.1 Å². The number of aromatic amines is 1. The number of carboxylic acids is 1. The number of rotatable bonds is 5. The highest BCUT2D eigenvalue weighted by Gasteiger charge is 2.39. The Labute approximate surface area is 120 Å². The Morgan fingerprint density at radius 1 is 1.52 bits per heavy atom. The van der Waals surface area contributed by atoms with Crippen LogP contribution in [-0.4, -0.2) is 44.2 Å². The maximum absolute atomic E-state index is 12.5. The van der Waals surface area contributed by atoms with Crippen LogP contribution in [0.4, 0.5) is 0 Å². The number of furan rings is 1. The summed E-state index contributed by atoms with van der Waals surface area (Å²) < 4.78 is 5.23. The molecule has 2 N–H and O–H groups in total. The van der Waals surface area contributed by atoms with Gasteiger partial charge in [0.05, 0.1) is 6.26 Å². The summed E-state index contributed by atoms with van der Waals surface area (Å²) in [4.78, 5) is 25.1. The fourth-order valence-corrected chi connectivity index (χ4v) is 2.25. The molecule has 1 amide bonds. The molecule has 7 nitrogen and oxygen atoms in total. The van der Waals surface area contributed by atoms with Crippen molar-refractivity contribution >= 4 is 11.9 Å². The lowest BCUT2D eigenvalue weighted by molar-refractivity contribution is -0.141. The lowest BCUT2D eigenvalue weighted by Crippen LogP contribution is -2.44.